The summed E-state index contributed by atoms with van der Waals surface area (Å²) >= 11 is 12.7. The Morgan fingerprint density at radius 3 is 2.31 bits per heavy atom. The second-order valence-electron chi connectivity index (χ2n) is 2.99. The zero-order valence-corrected chi connectivity index (χ0v) is 10.1. The molecule has 6 heteroatoms. The van der Waals surface area contributed by atoms with Gasteiger partial charge in [-0.1, -0.05) is 29.3 Å². The fourth-order valence-corrected chi connectivity index (χ4v) is 2.37. The van der Waals surface area contributed by atoms with Crippen LogP contribution in [-0.2, 0) is 4.79 Å². The summed E-state index contributed by atoms with van der Waals surface area (Å²) in [5.41, 5.74) is 0.540. The highest BCUT2D eigenvalue weighted by molar-refractivity contribution is 8.18. The minimum atomic E-state index is -0.425. The number of amides is 2. The first kappa shape index (κ1) is 11.5. The fraction of sp³-hybridized carbons (Fsp3) is 0. The number of hydrogen-bond donors (Lipinski definition) is 1. The van der Waals surface area contributed by atoms with E-state index in [0.29, 0.717) is 20.5 Å². The molecule has 0 atom stereocenters. The van der Waals surface area contributed by atoms with Crippen molar-refractivity contribution in [2.45, 2.75) is 0 Å². The first-order valence-corrected chi connectivity index (χ1v) is 5.84. The van der Waals surface area contributed by atoms with Gasteiger partial charge in [0.2, 0.25) is 0 Å². The van der Waals surface area contributed by atoms with E-state index in [4.69, 9.17) is 23.2 Å². The second kappa shape index (κ2) is 4.49. The standard InChI is InChI=1S/C10H5Cl2NO2S/c11-6-2-1-3-7(12)5(6)4-8-9(14)13-10(15)16-8/h1-4H,(H,13,14,15)/b8-4+. The van der Waals surface area contributed by atoms with Crippen molar-refractivity contribution in [3.05, 3.63) is 38.7 Å². The monoisotopic (exact) mass is 273 g/mol. The van der Waals surface area contributed by atoms with Crippen LogP contribution < -0.4 is 5.32 Å². The molecule has 2 rings (SSSR count). The Hall–Kier alpha value is -0.970. The van der Waals surface area contributed by atoms with Gasteiger partial charge in [-0.25, -0.2) is 0 Å². The Bertz CT molecular complexity index is 493. The number of thioether (sulfide) groups is 1. The number of imide groups is 1. The molecule has 1 fully saturated rings. The Morgan fingerprint density at radius 1 is 1.19 bits per heavy atom. The third-order valence-electron chi connectivity index (χ3n) is 1.92. The van der Waals surface area contributed by atoms with Crippen LogP contribution in [0.4, 0.5) is 4.79 Å². The van der Waals surface area contributed by atoms with E-state index in [-0.39, 0.29) is 5.24 Å². The van der Waals surface area contributed by atoms with E-state index in [9.17, 15) is 9.59 Å². The van der Waals surface area contributed by atoms with Gasteiger partial charge < -0.3 is 0 Å². The zero-order chi connectivity index (χ0) is 11.7. The van der Waals surface area contributed by atoms with Crippen LogP contribution in [0.25, 0.3) is 6.08 Å². The lowest BCUT2D eigenvalue weighted by molar-refractivity contribution is -0.115. The molecule has 16 heavy (non-hydrogen) atoms. The molecule has 1 aromatic rings. The molecule has 82 valence electrons. The van der Waals surface area contributed by atoms with Crippen molar-refractivity contribution in [1.29, 1.82) is 0 Å². The van der Waals surface area contributed by atoms with E-state index in [2.05, 4.69) is 5.32 Å². The van der Waals surface area contributed by atoms with E-state index in [1.165, 1.54) is 6.08 Å². The van der Waals surface area contributed by atoms with Gasteiger partial charge in [0.05, 0.1) is 4.91 Å². The molecule has 1 saturated heterocycles. The topological polar surface area (TPSA) is 46.2 Å². The summed E-state index contributed by atoms with van der Waals surface area (Å²) in [5, 5.41) is 2.64. The number of halogens is 2. The van der Waals surface area contributed by atoms with Gasteiger partial charge in [0, 0.05) is 15.6 Å². The number of nitrogens with one attached hydrogen (secondary N) is 1. The van der Waals surface area contributed by atoms with Crippen LogP contribution in [-0.4, -0.2) is 11.1 Å². The number of benzene rings is 1. The van der Waals surface area contributed by atoms with Crippen LogP contribution in [0.1, 0.15) is 5.56 Å². The number of rotatable bonds is 1. The zero-order valence-electron chi connectivity index (χ0n) is 7.79. The average molecular weight is 274 g/mol. The third kappa shape index (κ3) is 2.24. The van der Waals surface area contributed by atoms with Gasteiger partial charge in [-0.05, 0) is 30.0 Å². The van der Waals surface area contributed by atoms with Crippen molar-refractivity contribution in [2.75, 3.05) is 0 Å². The van der Waals surface area contributed by atoms with Crippen molar-refractivity contribution in [1.82, 2.24) is 5.32 Å². The molecule has 0 aromatic heterocycles. The summed E-state index contributed by atoms with van der Waals surface area (Å²) < 4.78 is 0. The molecule has 0 aliphatic carbocycles. The van der Waals surface area contributed by atoms with Gasteiger partial charge in [-0.15, -0.1) is 0 Å². The maximum atomic E-state index is 11.3. The molecule has 3 nitrogen and oxygen atoms in total. The molecule has 0 spiro atoms. The lowest BCUT2D eigenvalue weighted by Gasteiger charge is -2.01. The highest BCUT2D eigenvalue weighted by Gasteiger charge is 2.25. The van der Waals surface area contributed by atoms with E-state index in [0.717, 1.165) is 11.8 Å². The van der Waals surface area contributed by atoms with Crippen LogP contribution in [0.2, 0.25) is 10.0 Å². The summed E-state index contributed by atoms with van der Waals surface area (Å²) in [6, 6.07) is 5.04. The molecular formula is C10H5Cl2NO2S. The summed E-state index contributed by atoms with van der Waals surface area (Å²) in [5.74, 6) is -0.425. The van der Waals surface area contributed by atoms with E-state index in [1.54, 1.807) is 18.2 Å². The Balaban J connectivity index is 2.44. The number of carbonyl (C=O) groups excluding carboxylic acids is 2. The van der Waals surface area contributed by atoms with Gasteiger partial charge in [-0.2, -0.15) is 0 Å². The first-order chi connectivity index (χ1) is 7.58. The van der Waals surface area contributed by atoms with E-state index >= 15 is 0 Å². The smallest absolute Gasteiger partial charge is 0.282 e. The molecule has 1 aromatic carbocycles. The Morgan fingerprint density at radius 2 is 1.81 bits per heavy atom. The van der Waals surface area contributed by atoms with E-state index < -0.39 is 5.91 Å². The third-order valence-corrected chi connectivity index (χ3v) is 3.39. The van der Waals surface area contributed by atoms with Crippen LogP contribution in [0.3, 0.4) is 0 Å². The maximum Gasteiger partial charge on any atom is 0.290 e. The van der Waals surface area contributed by atoms with Gasteiger partial charge in [0.25, 0.3) is 11.1 Å². The molecule has 2 amide bonds. The van der Waals surface area contributed by atoms with E-state index in [1.807, 2.05) is 0 Å². The lowest BCUT2D eigenvalue weighted by atomic mass is 10.2. The second-order valence-corrected chi connectivity index (χ2v) is 4.82. The van der Waals surface area contributed by atoms with Crippen LogP contribution in [0.15, 0.2) is 23.1 Å². The van der Waals surface area contributed by atoms with Gasteiger partial charge in [-0.3, -0.25) is 14.9 Å². The average Bonchev–Trinajstić information content (AvgIpc) is 2.51. The molecule has 0 radical (unpaired) electrons. The fourth-order valence-electron chi connectivity index (χ4n) is 1.20. The molecular weight excluding hydrogens is 269 g/mol. The molecule has 1 N–H and O–H groups in total. The molecule has 0 unspecified atom stereocenters. The van der Waals surface area contributed by atoms with Gasteiger partial charge in [0.15, 0.2) is 0 Å². The summed E-state index contributed by atoms with van der Waals surface area (Å²) in [4.78, 5) is 22.5. The molecule has 1 heterocycles. The highest BCUT2D eigenvalue weighted by Crippen LogP contribution is 2.31. The highest BCUT2D eigenvalue weighted by atomic mass is 35.5. The van der Waals surface area contributed by atoms with Gasteiger partial charge >= 0.3 is 0 Å². The number of carbonyl (C=O) groups is 2. The SMILES string of the molecule is O=C1NC(=O)/C(=C\c2c(Cl)cccc2Cl)S1. The van der Waals surface area contributed by atoms with Crippen molar-refractivity contribution in [2.24, 2.45) is 0 Å². The van der Waals surface area contributed by atoms with Crippen LogP contribution >= 0.6 is 35.0 Å². The Labute approximate surface area is 106 Å². The lowest BCUT2D eigenvalue weighted by Crippen LogP contribution is -2.17. The van der Waals surface area contributed by atoms with Crippen molar-refractivity contribution in [3.8, 4) is 0 Å². The summed E-state index contributed by atoms with van der Waals surface area (Å²) in [7, 11) is 0. The van der Waals surface area contributed by atoms with Crippen LogP contribution in [0.5, 0.6) is 0 Å². The normalized spacial score (nSPS) is 18.0. The quantitative estimate of drug-likeness (QED) is 0.799. The first-order valence-electron chi connectivity index (χ1n) is 4.27. The van der Waals surface area contributed by atoms with Crippen molar-refractivity contribution >= 4 is 52.2 Å². The largest absolute Gasteiger partial charge is 0.290 e. The minimum absolute atomic E-state index is 0.292. The molecule has 0 bridgehead atoms. The van der Waals surface area contributed by atoms with Crippen molar-refractivity contribution < 1.29 is 9.59 Å². The maximum absolute atomic E-state index is 11.3. The molecule has 1 aliphatic heterocycles. The number of hydrogen-bond acceptors (Lipinski definition) is 3. The van der Waals surface area contributed by atoms with Gasteiger partial charge in [0.1, 0.15) is 0 Å². The summed E-state index contributed by atoms with van der Waals surface area (Å²) in [6.45, 7) is 0. The predicted molar refractivity (Wildman–Crippen MR) is 65.6 cm³/mol. The van der Waals surface area contributed by atoms with Crippen LogP contribution in [0, 0.1) is 0 Å². The molecule has 0 saturated carbocycles. The minimum Gasteiger partial charge on any atom is -0.282 e. The molecule has 1 aliphatic rings. The Kier molecular flexibility index (Phi) is 3.23. The summed E-state index contributed by atoms with van der Waals surface area (Å²) in [6.07, 6.45) is 1.51. The van der Waals surface area contributed by atoms with Crippen molar-refractivity contribution in [3.63, 3.8) is 0 Å². The predicted octanol–water partition coefficient (Wildman–Crippen LogP) is 3.32.